The highest BCUT2D eigenvalue weighted by atomic mass is 127. The van der Waals surface area contributed by atoms with Gasteiger partial charge in [0.1, 0.15) is 16.5 Å². The van der Waals surface area contributed by atoms with E-state index in [0.717, 1.165) is 0 Å². The molecular formula is C16H26F3IN4O3S. The van der Waals surface area contributed by atoms with E-state index in [2.05, 4.69) is 25.3 Å². The van der Waals surface area contributed by atoms with Gasteiger partial charge in [0.05, 0.1) is 18.3 Å². The number of carbonyl (C=O) groups is 1. The van der Waals surface area contributed by atoms with Crippen LogP contribution in [0.5, 0.6) is 0 Å². The zero-order chi connectivity index (χ0) is 20.4. The number of guanidine groups is 1. The molecule has 0 bridgehead atoms. The standard InChI is InChI=1S/C16H25F3N4O3S.HI/c1-5-26-14(24)12-10(2)22-13(27-12)11(3)23-15(20-4)21-7-6-8-25-9-16(17,18)19;/h11H,5-9H2,1-4H3,(H2,20,21,23);1H. The molecule has 0 saturated carbocycles. The molecule has 0 aliphatic heterocycles. The lowest BCUT2D eigenvalue weighted by molar-refractivity contribution is -0.173. The van der Waals surface area contributed by atoms with Crippen molar-refractivity contribution in [3.8, 4) is 0 Å². The Bertz CT molecular complexity index is 641. The van der Waals surface area contributed by atoms with Crippen molar-refractivity contribution >= 4 is 47.2 Å². The zero-order valence-electron chi connectivity index (χ0n) is 16.2. The summed E-state index contributed by atoms with van der Waals surface area (Å²) in [5, 5.41) is 6.82. The monoisotopic (exact) mass is 538 g/mol. The molecule has 1 aromatic heterocycles. The molecule has 12 heteroatoms. The zero-order valence-corrected chi connectivity index (χ0v) is 19.3. The van der Waals surface area contributed by atoms with Crippen molar-refractivity contribution in [2.24, 2.45) is 4.99 Å². The van der Waals surface area contributed by atoms with E-state index in [-0.39, 0.29) is 36.6 Å². The number of halogens is 4. The van der Waals surface area contributed by atoms with Crippen LogP contribution < -0.4 is 10.6 Å². The lowest BCUT2D eigenvalue weighted by atomic mass is 10.3. The van der Waals surface area contributed by atoms with Gasteiger partial charge in [-0.15, -0.1) is 35.3 Å². The summed E-state index contributed by atoms with van der Waals surface area (Å²) in [5.41, 5.74) is 0.604. The minimum atomic E-state index is -4.31. The van der Waals surface area contributed by atoms with Gasteiger partial charge in [0.2, 0.25) is 0 Å². The van der Waals surface area contributed by atoms with Gasteiger partial charge in [0, 0.05) is 20.2 Å². The Kier molecular flexibility index (Phi) is 12.6. The van der Waals surface area contributed by atoms with E-state index in [1.807, 2.05) is 6.92 Å². The fourth-order valence-corrected chi connectivity index (χ4v) is 2.98. The molecule has 1 rings (SSSR count). The summed E-state index contributed by atoms with van der Waals surface area (Å²) in [6, 6.07) is -0.218. The molecule has 0 amide bonds. The van der Waals surface area contributed by atoms with Crippen LogP contribution >= 0.6 is 35.3 Å². The van der Waals surface area contributed by atoms with Crippen LogP contribution in [-0.2, 0) is 9.47 Å². The molecule has 2 N–H and O–H groups in total. The lowest BCUT2D eigenvalue weighted by Gasteiger charge is -2.16. The number of rotatable bonds is 9. The number of nitrogens with zero attached hydrogens (tertiary/aromatic N) is 2. The first kappa shape index (κ1) is 26.9. The molecule has 0 aromatic carbocycles. The van der Waals surface area contributed by atoms with E-state index < -0.39 is 18.8 Å². The SMILES string of the molecule is CCOC(=O)c1sc(C(C)NC(=NC)NCCCOCC(F)(F)F)nc1C.I. The van der Waals surface area contributed by atoms with Crippen LogP contribution in [0.1, 0.15) is 46.7 Å². The van der Waals surface area contributed by atoms with Gasteiger partial charge in [0.25, 0.3) is 0 Å². The Balaban J connectivity index is 0.00000729. The third-order valence-corrected chi connectivity index (χ3v) is 4.57. The highest BCUT2D eigenvalue weighted by Gasteiger charge is 2.27. The maximum absolute atomic E-state index is 12.0. The summed E-state index contributed by atoms with van der Waals surface area (Å²) in [6.45, 7) is 4.79. The average Bonchev–Trinajstić information content (AvgIpc) is 2.98. The third-order valence-electron chi connectivity index (χ3n) is 3.24. The Labute approximate surface area is 183 Å². The molecule has 0 radical (unpaired) electrons. The van der Waals surface area contributed by atoms with Crippen molar-refractivity contribution in [3.05, 3.63) is 15.6 Å². The minimum absolute atomic E-state index is 0. The molecule has 0 saturated heterocycles. The second kappa shape index (κ2) is 13.1. The number of thiazole rings is 1. The van der Waals surface area contributed by atoms with Crippen molar-refractivity contribution in [3.63, 3.8) is 0 Å². The molecule has 0 aliphatic rings. The molecular weight excluding hydrogens is 512 g/mol. The first-order valence-electron chi connectivity index (χ1n) is 8.44. The Morgan fingerprint density at radius 2 is 2.07 bits per heavy atom. The number of alkyl halides is 3. The van der Waals surface area contributed by atoms with Crippen molar-refractivity contribution in [2.75, 3.05) is 33.4 Å². The Hall–Kier alpha value is -1.15. The van der Waals surface area contributed by atoms with Gasteiger partial charge in [-0.05, 0) is 27.2 Å². The van der Waals surface area contributed by atoms with Gasteiger partial charge >= 0.3 is 12.1 Å². The third kappa shape index (κ3) is 9.87. The number of aliphatic imine (C=N–C) groups is 1. The van der Waals surface area contributed by atoms with E-state index in [1.165, 1.54) is 11.3 Å². The van der Waals surface area contributed by atoms with E-state index in [9.17, 15) is 18.0 Å². The number of hydrogen-bond donors (Lipinski definition) is 2. The van der Waals surface area contributed by atoms with Crippen LogP contribution in [0.25, 0.3) is 0 Å². The predicted octanol–water partition coefficient (Wildman–Crippen LogP) is 3.44. The van der Waals surface area contributed by atoms with Gasteiger partial charge < -0.3 is 20.1 Å². The maximum atomic E-state index is 12.0. The second-order valence-electron chi connectivity index (χ2n) is 5.57. The molecule has 1 heterocycles. The number of nitrogens with one attached hydrogen (secondary N) is 2. The van der Waals surface area contributed by atoms with E-state index in [1.54, 1.807) is 20.9 Å². The number of aromatic nitrogens is 1. The van der Waals surface area contributed by atoms with Gasteiger partial charge in [-0.1, -0.05) is 0 Å². The van der Waals surface area contributed by atoms with Crippen LogP contribution in [0.15, 0.2) is 4.99 Å². The summed E-state index contributed by atoms with van der Waals surface area (Å²) in [4.78, 5) is 20.8. The summed E-state index contributed by atoms with van der Waals surface area (Å²) < 4.78 is 45.5. The predicted molar refractivity (Wildman–Crippen MR) is 113 cm³/mol. The molecule has 0 spiro atoms. The summed E-state index contributed by atoms with van der Waals surface area (Å²) in [7, 11) is 1.58. The van der Waals surface area contributed by atoms with Gasteiger partial charge in [0.15, 0.2) is 5.96 Å². The van der Waals surface area contributed by atoms with Gasteiger partial charge in [-0.2, -0.15) is 13.2 Å². The summed E-state index contributed by atoms with van der Waals surface area (Å²) >= 11 is 1.25. The number of hydrogen-bond acceptors (Lipinski definition) is 6. The van der Waals surface area contributed by atoms with Crippen LogP contribution in [-0.4, -0.2) is 56.5 Å². The lowest BCUT2D eigenvalue weighted by Crippen LogP contribution is -2.39. The molecule has 28 heavy (non-hydrogen) atoms. The van der Waals surface area contributed by atoms with E-state index in [4.69, 9.17) is 4.74 Å². The second-order valence-corrected chi connectivity index (χ2v) is 6.60. The fraction of sp³-hybridized carbons (Fsp3) is 0.688. The highest BCUT2D eigenvalue weighted by molar-refractivity contribution is 14.0. The maximum Gasteiger partial charge on any atom is 0.411 e. The molecule has 1 atom stereocenters. The number of aryl methyl sites for hydroxylation is 1. The molecule has 1 unspecified atom stereocenters. The Morgan fingerprint density at radius 3 is 2.64 bits per heavy atom. The van der Waals surface area contributed by atoms with Gasteiger partial charge in [-0.3, -0.25) is 4.99 Å². The van der Waals surface area contributed by atoms with Crippen molar-refractivity contribution in [2.45, 2.75) is 39.4 Å². The topological polar surface area (TPSA) is 84.8 Å². The first-order valence-corrected chi connectivity index (χ1v) is 9.25. The van der Waals surface area contributed by atoms with E-state index in [0.29, 0.717) is 41.1 Å². The number of carbonyl (C=O) groups excluding carboxylic acids is 1. The quantitative estimate of drug-likeness (QED) is 0.165. The average molecular weight is 538 g/mol. The first-order chi connectivity index (χ1) is 12.7. The molecule has 0 fully saturated rings. The molecule has 0 aliphatic carbocycles. The molecule has 7 nitrogen and oxygen atoms in total. The van der Waals surface area contributed by atoms with Crippen LogP contribution in [0.3, 0.4) is 0 Å². The smallest absolute Gasteiger partial charge is 0.411 e. The van der Waals surface area contributed by atoms with Gasteiger partial charge in [-0.25, -0.2) is 9.78 Å². The summed E-state index contributed by atoms with van der Waals surface area (Å²) in [6.07, 6.45) is -3.91. The summed E-state index contributed by atoms with van der Waals surface area (Å²) in [5.74, 6) is 0.0798. The largest absolute Gasteiger partial charge is 0.462 e. The van der Waals surface area contributed by atoms with Crippen molar-refractivity contribution < 1.29 is 27.4 Å². The normalized spacial score (nSPS) is 12.9. The minimum Gasteiger partial charge on any atom is -0.462 e. The fourth-order valence-electron chi connectivity index (χ4n) is 2.02. The highest BCUT2D eigenvalue weighted by Crippen LogP contribution is 2.24. The van der Waals surface area contributed by atoms with Crippen molar-refractivity contribution in [1.82, 2.24) is 15.6 Å². The Morgan fingerprint density at radius 1 is 1.39 bits per heavy atom. The van der Waals surface area contributed by atoms with Crippen molar-refractivity contribution in [1.29, 1.82) is 0 Å². The van der Waals surface area contributed by atoms with Crippen LogP contribution in [0.4, 0.5) is 13.2 Å². The van der Waals surface area contributed by atoms with E-state index >= 15 is 0 Å². The molecule has 162 valence electrons. The van der Waals surface area contributed by atoms with Crippen LogP contribution in [0, 0.1) is 6.92 Å². The number of ether oxygens (including phenoxy) is 2. The number of esters is 1. The van der Waals surface area contributed by atoms with Crippen LogP contribution in [0.2, 0.25) is 0 Å². The molecule has 1 aromatic rings.